The molecule has 1 fully saturated rings. The lowest BCUT2D eigenvalue weighted by molar-refractivity contribution is 0.0712. The molecule has 3 heteroatoms. The van der Waals surface area contributed by atoms with E-state index in [9.17, 15) is 0 Å². The predicted molar refractivity (Wildman–Crippen MR) is 55.9 cm³/mol. The first-order valence-electron chi connectivity index (χ1n) is 4.46. The molecule has 1 rings (SSSR count). The Morgan fingerprint density at radius 2 is 2.17 bits per heavy atom. The van der Waals surface area contributed by atoms with Gasteiger partial charge in [0.25, 0.3) is 0 Å². The lowest BCUT2D eigenvalue weighted by atomic mass is 9.81. The Balaban J connectivity index is 2.44. The molecule has 0 aliphatic heterocycles. The number of ether oxygens (including phenoxy) is 1. The van der Waals surface area contributed by atoms with Crippen molar-refractivity contribution in [1.82, 2.24) is 0 Å². The largest absolute Gasteiger partial charge is 0.365 e. The summed E-state index contributed by atoms with van der Waals surface area (Å²) in [4.78, 5) is 0.685. The number of rotatable bonds is 2. The average Bonchev–Trinajstić information content (AvgIpc) is 2.03. The summed E-state index contributed by atoms with van der Waals surface area (Å²) in [5, 5.41) is 0. The molecule has 0 radical (unpaired) electrons. The van der Waals surface area contributed by atoms with E-state index in [-0.39, 0.29) is 5.56 Å². The Labute approximate surface area is 87.9 Å². The van der Waals surface area contributed by atoms with Crippen LogP contribution in [0.15, 0.2) is 0 Å². The molecule has 1 aliphatic rings. The summed E-state index contributed by atoms with van der Waals surface area (Å²) in [6.45, 7) is 2.26. The van der Waals surface area contributed by atoms with E-state index in [1.54, 1.807) is 7.11 Å². The Hall–Kier alpha value is 0.730. The quantitative estimate of drug-likeness (QED) is 0.687. The molecule has 0 aromatic carbocycles. The van der Waals surface area contributed by atoms with Crippen LogP contribution in [0.1, 0.15) is 26.2 Å². The van der Waals surface area contributed by atoms with Crippen LogP contribution in [0.25, 0.3) is 0 Å². The minimum absolute atomic E-state index is 0.0972. The van der Waals surface area contributed by atoms with Gasteiger partial charge in [0.2, 0.25) is 0 Å². The van der Waals surface area contributed by atoms with E-state index in [0.717, 1.165) is 0 Å². The predicted octanol–water partition coefficient (Wildman–Crippen LogP) is 3.40. The van der Waals surface area contributed by atoms with Crippen LogP contribution >= 0.6 is 27.5 Å². The maximum absolute atomic E-state index is 6.05. The van der Waals surface area contributed by atoms with Gasteiger partial charge in [-0.2, -0.15) is 0 Å². The molecule has 1 aliphatic carbocycles. The molecule has 72 valence electrons. The summed E-state index contributed by atoms with van der Waals surface area (Å²) < 4.78 is 5.15. The molecule has 12 heavy (non-hydrogen) atoms. The van der Waals surface area contributed by atoms with Gasteiger partial charge < -0.3 is 4.74 Å². The summed E-state index contributed by atoms with van der Waals surface area (Å²) in [5.74, 6) is 1.20. The van der Waals surface area contributed by atoms with E-state index in [1.807, 2.05) is 0 Å². The van der Waals surface area contributed by atoms with Gasteiger partial charge >= 0.3 is 0 Å². The lowest BCUT2D eigenvalue weighted by Gasteiger charge is -2.33. The summed E-state index contributed by atoms with van der Waals surface area (Å²) in [6, 6.07) is 0. The minimum Gasteiger partial charge on any atom is -0.365 e. The molecule has 0 amide bonds. The Kier molecular flexibility index (Phi) is 4.35. The molecule has 0 saturated heterocycles. The molecule has 4 unspecified atom stereocenters. The zero-order valence-corrected chi connectivity index (χ0v) is 9.94. The zero-order chi connectivity index (χ0) is 9.14. The molecule has 4 atom stereocenters. The Morgan fingerprint density at radius 3 is 2.67 bits per heavy atom. The van der Waals surface area contributed by atoms with Gasteiger partial charge in [-0.25, -0.2) is 0 Å². The first-order chi connectivity index (χ1) is 5.65. The lowest BCUT2D eigenvalue weighted by Crippen LogP contribution is -2.30. The van der Waals surface area contributed by atoms with Crippen LogP contribution in [-0.2, 0) is 4.74 Å². The normalized spacial score (nSPS) is 39.5. The van der Waals surface area contributed by atoms with Crippen molar-refractivity contribution >= 4 is 27.5 Å². The van der Waals surface area contributed by atoms with Crippen molar-refractivity contribution in [3.63, 3.8) is 0 Å². The summed E-state index contributed by atoms with van der Waals surface area (Å²) in [5.41, 5.74) is -0.0972. The third-order valence-corrected chi connectivity index (χ3v) is 4.07. The fourth-order valence-corrected chi connectivity index (χ4v) is 3.15. The van der Waals surface area contributed by atoms with Gasteiger partial charge in [0, 0.05) is 17.9 Å². The summed E-state index contributed by atoms with van der Waals surface area (Å²) in [7, 11) is 1.69. The topological polar surface area (TPSA) is 9.23 Å². The van der Waals surface area contributed by atoms with Crippen molar-refractivity contribution in [2.45, 2.75) is 36.6 Å². The van der Waals surface area contributed by atoms with Crippen LogP contribution in [0.2, 0.25) is 0 Å². The molecule has 0 aromatic heterocycles. The van der Waals surface area contributed by atoms with Crippen molar-refractivity contribution in [1.29, 1.82) is 0 Å². The van der Waals surface area contributed by atoms with Gasteiger partial charge in [-0.15, -0.1) is 0 Å². The van der Waals surface area contributed by atoms with E-state index >= 15 is 0 Å². The molecule has 1 saturated carbocycles. The second-order valence-electron chi connectivity index (χ2n) is 3.64. The van der Waals surface area contributed by atoms with Crippen molar-refractivity contribution < 1.29 is 4.74 Å². The fourth-order valence-electron chi connectivity index (χ4n) is 1.92. The van der Waals surface area contributed by atoms with E-state index < -0.39 is 0 Å². The maximum atomic E-state index is 6.05. The van der Waals surface area contributed by atoms with E-state index in [0.29, 0.717) is 16.7 Å². The number of halogens is 2. The number of hydrogen-bond acceptors (Lipinski definition) is 1. The molecule has 0 aromatic rings. The van der Waals surface area contributed by atoms with Crippen molar-refractivity contribution in [2.75, 3.05) is 7.11 Å². The number of methoxy groups -OCH3 is 1. The van der Waals surface area contributed by atoms with Crippen LogP contribution in [0.3, 0.4) is 0 Å². The standard InChI is InChI=1S/C9H16BrClO/c1-6-5-7(10)3-4-8(6)9(11)12-2/h6-9H,3-5H2,1-2H3. The highest BCUT2D eigenvalue weighted by molar-refractivity contribution is 9.09. The molecule has 0 heterocycles. The summed E-state index contributed by atoms with van der Waals surface area (Å²) in [6.07, 6.45) is 3.62. The molecular formula is C9H16BrClO. The van der Waals surface area contributed by atoms with Crippen molar-refractivity contribution in [3.05, 3.63) is 0 Å². The second-order valence-corrected chi connectivity index (χ2v) is 5.36. The first-order valence-corrected chi connectivity index (χ1v) is 5.81. The van der Waals surface area contributed by atoms with E-state index in [2.05, 4.69) is 22.9 Å². The van der Waals surface area contributed by atoms with Crippen LogP contribution in [0.5, 0.6) is 0 Å². The highest BCUT2D eigenvalue weighted by Crippen LogP contribution is 2.37. The summed E-state index contributed by atoms with van der Waals surface area (Å²) >= 11 is 9.69. The average molecular weight is 256 g/mol. The van der Waals surface area contributed by atoms with Crippen molar-refractivity contribution in [3.8, 4) is 0 Å². The van der Waals surface area contributed by atoms with E-state index in [4.69, 9.17) is 16.3 Å². The van der Waals surface area contributed by atoms with Gasteiger partial charge in [0.05, 0.1) is 0 Å². The van der Waals surface area contributed by atoms with Crippen molar-refractivity contribution in [2.24, 2.45) is 11.8 Å². The molecule has 0 N–H and O–H groups in total. The molecular weight excluding hydrogens is 239 g/mol. The van der Waals surface area contributed by atoms with Crippen LogP contribution in [0.4, 0.5) is 0 Å². The van der Waals surface area contributed by atoms with Crippen LogP contribution < -0.4 is 0 Å². The highest BCUT2D eigenvalue weighted by atomic mass is 79.9. The van der Waals surface area contributed by atoms with E-state index in [1.165, 1.54) is 19.3 Å². The number of alkyl halides is 2. The minimum atomic E-state index is -0.0972. The van der Waals surface area contributed by atoms with Gasteiger partial charge in [-0.05, 0) is 25.2 Å². The Morgan fingerprint density at radius 1 is 1.50 bits per heavy atom. The SMILES string of the molecule is COC(Cl)C1CCC(Br)CC1C. The molecule has 0 bridgehead atoms. The third-order valence-electron chi connectivity index (χ3n) is 2.73. The van der Waals surface area contributed by atoms with Gasteiger partial charge in [0.15, 0.2) is 0 Å². The smallest absolute Gasteiger partial charge is 0.133 e. The highest BCUT2D eigenvalue weighted by Gasteiger charge is 2.31. The molecule has 0 spiro atoms. The van der Waals surface area contributed by atoms with Crippen LogP contribution in [0, 0.1) is 11.8 Å². The fraction of sp³-hybridized carbons (Fsp3) is 1.00. The van der Waals surface area contributed by atoms with Gasteiger partial charge in [0.1, 0.15) is 5.56 Å². The van der Waals surface area contributed by atoms with Crippen LogP contribution in [-0.4, -0.2) is 17.5 Å². The monoisotopic (exact) mass is 254 g/mol. The van der Waals surface area contributed by atoms with Gasteiger partial charge in [-0.3, -0.25) is 0 Å². The Bertz CT molecular complexity index is 142. The molecule has 1 nitrogen and oxygen atoms in total. The third kappa shape index (κ3) is 2.61. The first kappa shape index (κ1) is 10.8. The number of hydrogen-bond donors (Lipinski definition) is 0. The van der Waals surface area contributed by atoms with Gasteiger partial charge in [-0.1, -0.05) is 34.5 Å². The maximum Gasteiger partial charge on any atom is 0.133 e. The zero-order valence-electron chi connectivity index (χ0n) is 7.59. The second kappa shape index (κ2) is 4.83.